The van der Waals surface area contributed by atoms with Gasteiger partial charge < -0.3 is 19.5 Å². The molecule has 0 aliphatic carbocycles. The summed E-state index contributed by atoms with van der Waals surface area (Å²) in [7, 11) is -0.682. The summed E-state index contributed by atoms with van der Waals surface area (Å²) in [5, 5.41) is 2.89. The van der Waals surface area contributed by atoms with Crippen molar-refractivity contribution in [3.05, 3.63) is 52.5 Å². The lowest BCUT2D eigenvalue weighted by molar-refractivity contribution is 0.0730. The molecule has 2 aromatic rings. The Balaban J connectivity index is 1.68. The van der Waals surface area contributed by atoms with Gasteiger partial charge in [0.25, 0.3) is 5.91 Å². The minimum Gasteiger partial charge on any atom is -0.493 e. The molecule has 0 aromatic heterocycles. The van der Waals surface area contributed by atoms with Gasteiger partial charge >= 0.3 is 0 Å². The van der Waals surface area contributed by atoms with Gasteiger partial charge in [-0.05, 0) is 42.3 Å². The lowest BCUT2D eigenvalue weighted by atomic mass is 10.1. The fourth-order valence-corrected chi connectivity index (χ4v) is 5.14. The van der Waals surface area contributed by atoms with Gasteiger partial charge in [0.2, 0.25) is 10.0 Å². The van der Waals surface area contributed by atoms with Crippen molar-refractivity contribution in [2.75, 3.05) is 47.1 Å². The number of hydrogen-bond donors (Lipinski definition) is 1. The van der Waals surface area contributed by atoms with Crippen molar-refractivity contribution in [1.82, 2.24) is 9.62 Å². The summed E-state index contributed by atoms with van der Waals surface area (Å²) < 4.78 is 42.9. The van der Waals surface area contributed by atoms with E-state index in [0.29, 0.717) is 37.7 Å². The maximum atomic E-state index is 12.9. The second kappa shape index (κ2) is 10.3. The molecule has 1 fully saturated rings. The molecule has 1 aliphatic rings. The monoisotopic (exact) mass is 468 g/mol. The predicted octanol–water partition coefficient (Wildman–Crippen LogP) is 2.35. The van der Waals surface area contributed by atoms with Gasteiger partial charge in [-0.3, -0.25) is 4.79 Å². The lowest BCUT2D eigenvalue weighted by Gasteiger charge is -2.26. The van der Waals surface area contributed by atoms with Crippen molar-refractivity contribution >= 4 is 27.5 Å². The SMILES string of the molecule is COc1ccc(CCNC(=O)c2ccc(Cl)c(S(=O)(=O)N3CCOCC3)c2)cc1OC. The van der Waals surface area contributed by atoms with Crippen LogP contribution in [0.2, 0.25) is 5.02 Å². The van der Waals surface area contributed by atoms with Gasteiger partial charge in [0.15, 0.2) is 11.5 Å². The van der Waals surface area contributed by atoms with Crippen molar-refractivity contribution in [3.8, 4) is 11.5 Å². The van der Waals surface area contributed by atoms with Crippen LogP contribution < -0.4 is 14.8 Å². The van der Waals surface area contributed by atoms with Crippen LogP contribution in [0.15, 0.2) is 41.3 Å². The molecular weight excluding hydrogens is 444 g/mol. The highest BCUT2D eigenvalue weighted by Crippen LogP contribution is 2.28. The van der Waals surface area contributed by atoms with E-state index in [4.69, 9.17) is 25.8 Å². The number of nitrogens with zero attached hydrogens (tertiary/aromatic N) is 1. The van der Waals surface area contributed by atoms with Crippen LogP contribution in [0.25, 0.3) is 0 Å². The van der Waals surface area contributed by atoms with Crippen molar-refractivity contribution in [2.24, 2.45) is 0 Å². The van der Waals surface area contributed by atoms with E-state index in [1.165, 1.54) is 22.5 Å². The number of sulfonamides is 1. The van der Waals surface area contributed by atoms with Gasteiger partial charge in [-0.25, -0.2) is 8.42 Å². The Morgan fingerprint density at radius 2 is 1.81 bits per heavy atom. The number of morpholine rings is 1. The lowest BCUT2D eigenvalue weighted by Crippen LogP contribution is -2.40. The van der Waals surface area contributed by atoms with Gasteiger partial charge in [-0.15, -0.1) is 0 Å². The van der Waals surface area contributed by atoms with Crippen LogP contribution >= 0.6 is 11.6 Å². The molecule has 31 heavy (non-hydrogen) atoms. The highest BCUT2D eigenvalue weighted by atomic mass is 35.5. The van der Waals surface area contributed by atoms with Crippen LogP contribution in [0.4, 0.5) is 0 Å². The minimum atomic E-state index is -3.81. The average Bonchev–Trinajstić information content (AvgIpc) is 2.79. The first-order chi connectivity index (χ1) is 14.9. The molecule has 1 saturated heterocycles. The predicted molar refractivity (Wildman–Crippen MR) is 117 cm³/mol. The maximum absolute atomic E-state index is 12.9. The summed E-state index contributed by atoms with van der Waals surface area (Å²) in [6.07, 6.45) is 0.568. The Bertz CT molecular complexity index is 1040. The zero-order chi connectivity index (χ0) is 22.4. The molecule has 1 aliphatic heterocycles. The highest BCUT2D eigenvalue weighted by Gasteiger charge is 2.29. The van der Waals surface area contributed by atoms with E-state index in [0.717, 1.165) is 5.56 Å². The standard InChI is InChI=1S/C21H25ClN2O6S/c1-28-18-6-3-15(13-19(18)29-2)7-8-23-21(25)16-4-5-17(22)20(14-16)31(26,27)24-9-11-30-12-10-24/h3-6,13-14H,7-12H2,1-2H3,(H,23,25). The second-order valence-corrected chi connectivity index (χ2v) is 9.17. The Hall–Kier alpha value is -2.33. The number of ether oxygens (including phenoxy) is 3. The number of nitrogens with one attached hydrogen (secondary N) is 1. The molecule has 10 heteroatoms. The third-order valence-electron chi connectivity index (χ3n) is 4.93. The van der Waals surface area contributed by atoms with Gasteiger partial charge in [-0.1, -0.05) is 17.7 Å². The first-order valence-electron chi connectivity index (χ1n) is 9.73. The summed E-state index contributed by atoms with van der Waals surface area (Å²) in [4.78, 5) is 12.5. The summed E-state index contributed by atoms with van der Waals surface area (Å²) in [6, 6.07) is 9.80. The summed E-state index contributed by atoms with van der Waals surface area (Å²) in [6.45, 7) is 1.52. The van der Waals surface area contributed by atoms with Crippen LogP contribution in [0.3, 0.4) is 0 Å². The smallest absolute Gasteiger partial charge is 0.251 e. The molecular formula is C21H25ClN2O6S. The Labute approximate surface area is 187 Å². The minimum absolute atomic E-state index is 0.0772. The molecule has 1 N–H and O–H groups in total. The van der Waals surface area contributed by atoms with Gasteiger partial charge in [-0.2, -0.15) is 4.31 Å². The van der Waals surface area contributed by atoms with Crippen LogP contribution in [0.1, 0.15) is 15.9 Å². The Morgan fingerprint density at radius 3 is 2.48 bits per heavy atom. The van der Waals surface area contributed by atoms with Gasteiger partial charge in [0.1, 0.15) is 4.90 Å². The quantitative estimate of drug-likeness (QED) is 0.639. The van der Waals surface area contributed by atoms with E-state index >= 15 is 0 Å². The normalized spacial score (nSPS) is 14.8. The van der Waals surface area contributed by atoms with Crippen LogP contribution in [-0.2, 0) is 21.2 Å². The molecule has 0 spiro atoms. The van der Waals surface area contributed by atoms with E-state index in [-0.39, 0.29) is 34.5 Å². The number of rotatable bonds is 8. The molecule has 0 bridgehead atoms. The maximum Gasteiger partial charge on any atom is 0.251 e. The first kappa shape index (κ1) is 23.3. The number of hydrogen-bond acceptors (Lipinski definition) is 6. The molecule has 0 unspecified atom stereocenters. The van der Waals surface area contributed by atoms with Crippen LogP contribution in [0, 0.1) is 0 Å². The van der Waals surface area contributed by atoms with Crippen molar-refractivity contribution in [2.45, 2.75) is 11.3 Å². The van der Waals surface area contributed by atoms with E-state index in [1.54, 1.807) is 20.3 Å². The Kier molecular flexibility index (Phi) is 7.77. The third-order valence-corrected chi connectivity index (χ3v) is 7.31. The molecule has 0 saturated carbocycles. The summed E-state index contributed by atoms with van der Waals surface area (Å²) in [5.74, 6) is 0.864. The number of carbonyl (C=O) groups excluding carboxylic acids is 1. The van der Waals surface area contributed by atoms with Crippen LogP contribution in [0.5, 0.6) is 11.5 Å². The average molecular weight is 469 g/mol. The fraction of sp³-hybridized carbons (Fsp3) is 0.381. The first-order valence-corrected chi connectivity index (χ1v) is 11.5. The molecule has 1 amide bonds. The number of halogens is 1. The van der Waals surface area contributed by atoms with E-state index in [9.17, 15) is 13.2 Å². The zero-order valence-corrected chi connectivity index (χ0v) is 19.0. The molecule has 8 nitrogen and oxygen atoms in total. The second-order valence-electron chi connectivity index (χ2n) is 6.86. The Morgan fingerprint density at radius 1 is 1.10 bits per heavy atom. The molecule has 0 atom stereocenters. The van der Waals surface area contributed by atoms with Crippen LogP contribution in [-0.4, -0.2) is 65.7 Å². The molecule has 1 heterocycles. The summed E-state index contributed by atoms with van der Waals surface area (Å²) in [5.41, 5.74) is 1.19. The molecule has 2 aromatic carbocycles. The third kappa shape index (κ3) is 5.48. The topological polar surface area (TPSA) is 94.2 Å². The number of amides is 1. The summed E-state index contributed by atoms with van der Waals surface area (Å²) >= 11 is 6.15. The van der Waals surface area contributed by atoms with Gasteiger partial charge in [0, 0.05) is 25.2 Å². The molecule has 168 valence electrons. The zero-order valence-electron chi connectivity index (χ0n) is 17.4. The largest absolute Gasteiger partial charge is 0.493 e. The molecule has 3 rings (SSSR count). The van der Waals surface area contributed by atoms with Crippen molar-refractivity contribution in [1.29, 1.82) is 0 Å². The number of benzene rings is 2. The fourth-order valence-electron chi connectivity index (χ4n) is 3.23. The van der Waals surface area contributed by atoms with E-state index < -0.39 is 10.0 Å². The van der Waals surface area contributed by atoms with Crippen molar-refractivity contribution < 1.29 is 27.4 Å². The molecule has 0 radical (unpaired) electrons. The van der Waals surface area contributed by atoms with E-state index in [2.05, 4.69) is 5.32 Å². The van der Waals surface area contributed by atoms with E-state index in [1.807, 2.05) is 12.1 Å². The number of carbonyl (C=O) groups is 1. The number of methoxy groups -OCH3 is 2. The van der Waals surface area contributed by atoms with Crippen molar-refractivity contribution in [3.63, 3.8) is 0 Å². The highest BCUT2D eigenvalue weighted by molar-refractivity contribution is 7.89. The van der Waals surface area contributed by atoms with Gasteiger partial charge in [0.05, 0.1) is 32.5 Å².